The van der Waals surface area contributed by atoms with E-state index in [-0.39, 0.29) is 5.41 Å². The van der Waals surface area contributed by atoms with Crippen molar-refractivity contribution < 1.29 is 0 Å². The number of benzene rings is 1. The van der Waals surface area contributed by atoms with Gasteiger partial charge >= 0.3 is 0 Å². The molecule has 0 unspecified atom stereocenters. The smallest absolute Gasteiger partial charge is 0.0823 e. The van der Waals surface area contributed by atoms with Crippen molar-refractivity contribution in [1.29, 1.82) is 5.26 Å². The summed E-state index contributed by atoms with van der Waals surface area (Å²) in [4.78, 5) is 0. The first-order valence-electron chi connectivity index (χ1n) is 4.81. The van der Waals surface area contributed by atoms with Crippen LogP contribution in [0.4, 0.5) is 0 Å². The van der Waals surface area contributed by atoms with Crippen molar-refractivity contribution in [2.75, 3.05) is 0 Å². The molecule has 0 aromatic heterocycles. The molecule has 1 nitrogen and oxygen atoms in total. The molecule has 0 bridgehead atoms. The Labute approximate surface area is 79.0 Å². The van der Waals surface area contributed by atoms with E-state index in [9.17, 15) is 0 Å². The highest BCUT2D eigenvalue weighted by atomic mass is 14.5. The van der Waals surface area contributed by atoms with E-state index in [1.807, 2.05) is 0 Å². The fourth-order valence-corrected chi connectivity index (χ4v) is 1.65. The van der Waals surface area contributed by atoms with E-state index < -0.39 is 0 Å². The molecule has 0 aliphatic heterocycles. The lowest BCUT2D eigenvalue weighted by Crippen LogP contribution is -2.01. The van der Waals surface area contributed by atoms with Crippen LogP contribution >= 0.6 is 0 Å². The van der Waals surface area contributed by atoms with Crippen LogP contribution < -0.4 is 0 Å². The van der Waals surface area contributed by atoms with Gasteiger partial charge in [-0.05, 0) is 30.4 Å². The quantitative estimate of drug-likeness (QED) is 0.671. The number of nitrogens with zero attached hydrogens (tertiary/aromatic N) is 1. The third-order valence-electron chi connectivity index (χ3n) is 2.88. The van der Waals surface area contributed by atoms with Gasteiger partial charge in [-0.3, -0.25) is 0 Å². The Kier molecular flexibility index (Phi) is 1.84. The zero-order valence-electron chi connectivity index (χ0n) is 7.88. The second-order valence-corrected chi connectivity index (χ2v) is 3.74. The summed E-state index contributed by atoms with van der Waals surface area (Å²) in [5.74, 6) is 0. The van der Waals surface area contributed by atoms with Gasteiger partial charge in [0.25, 0.3) is 0 Å². The summed E-state index contributed by atoms with van der Waals surface area (Å²) in [6.07, 6.45) is 3.14. The number of hydrogen-bond acceptors (Lipinski definition) is 1. The van der Waals surface area contributed by atoms with Crippen molar-refractivity contribution in [3.8, 4) is 6.07 Å². The second-order valence-electron chi connectivity index (χ2n) is 3.74. The number of hydrogen-bond donors (Lipinski definition) is 0. The van der Waals surface area contributed by atoms with Gasteiger partial charge in [0.05, 0.1) is 11.5 Å². The third-order valence-corrected chi connectivity index (χ3v) is 2.88. The van der Waals surface area contributed by atoms with E-state index in [1.54, 1.807) is 0 Å². The predicted octanol–water partition coefficient (Wildman–Crippen LogP) is 2.80. The maximum atomic E-state index is 8.99. The number of aryl methyl sites for hydroxylation is 1. The summed E-state index contributed by atoms with van der Waals surface area (Å²) in [7, 11) is 0. The van der Waals surface area contributed by atoms with Crippen LogP contribution in [0.2, 0.25) is 0 Å². The highest BCUT2D eigenvalue weighted by Crippen LogP contribution is 2.47. The van der Waals surface area contributed by atoms with E-state index in [0.29, 0.717) is 0 Å². The molecule has 0 saturated heterocycles. The Morgan fingerprint density at radius 3 is 2.31 bits per heavy atom. The first-order chi connectivity index (χ1) is 6.30. The van der Waals surface area contributed by atoms with E-state index in [0.717, 1.165) is 19.3 Å². The summed E-state index contributed by atoms with van der Waals surface area (Å²) in [6.45, 7) is 2.15. The van der Waals surface area contributed by atoms with Gasteiger partial charge in [-0.15, -0.1) is 0 Å². The first kappa shape index (κ1) is 8.31. The van der Waals surface area contributed by atoms with Gasteiger partial charge in [0.2, 0.25) is 0 Å². The van der Waals surface area contributed by atoms with Crippen molar-refractivity contribution in [3.63, 3.8) is 0 Å². The normalized spacial score (nSPS) is 17.8. The molecule has 1 saturated carbocycles. The first-order valence-corrected chi connectivity index (χ1v) is 4.81. The topological polar surface area (TPSA) is 23.8 Å². The van der Waals surface area contributed by atoms with Gasteiger partial charge in [0.1, 0.15) is 0 Å². The molecule has 1 aliphatic carbocycles. The SMILES string of the molecule is CCc1ccc(C2(C#N)CC2)cc1. The summed E-state index contributed by atoms with van der Waals surface area (Å²) in [6, 6.07) is 10.9. The third kappa shape index (κ3) is 1.33. The van der Waals surface area contributed by atoms with Crippen LogP contribution in [0.5, 0.6) is 0 Å². The van der Waals surface area contributed by atoms with E-state index in [4.69, 9.17) is 5.26 Å². The molecule has 1 heteroatoms. The molecular weight excluding hydrogens is 158 g/mol. The maximum Gasteiger partial charge on any atom is 0.0823 e. The van der Waals surface area contributed by atoms with Crippen molar-refractivity contribution in [2.45, 2.75) is 31.6 Å². The van der Waals surface area contributed by atoms with Gasteiger partial charge in [-0.25, -0.2) is 0 Å². The fraction of sp³-hybridized carbons (Fsp3) is 0.417. The molecule has 0 amide bonds. The van der Waals surface area contributed by atoms with Gasteiger partial charge in [0, 0.05) is 0 Å². The lowest BCUT2D eigenvalue weighted by Gasteiger charge is -2.06. The summed E-state index contributed by atoms with van der Waals surface area (Å²) in [5.41, 5.74) is 2.43. The average molecular weight is 171 g/mol. The standard InChI is InChI=1S/C12H13N/c1-2-10-3-5-11(6-4-10)12(9-13)7-8-12/h3-6H,2,7-8H2,1H3. The molecule has 0 heterocycles. The van der Waals surface area contributed by atoms with Gasteiger partial charge in [-0.1, -0.05) is 31.2 Å². The molecule has 0 atom stereocenters. The molecule has 0 N–H and O–H groups in total. The molecule has 2 rings (SSSR count). The van der Waals surface area contributed by atoms with Crippen molar-refractivity contribution in [1.82, 2.24) is 0 Å². The molecular formula is C12H13N. The van der Waals surface area contributed by atoms with Gasteiger partial charge in [-0.2, -0.15) is 5.26 Å². The number of rotatable bonds is 2. The van der Waals surface area contributed by atoms with E-state index in [1.165, 1.54) is 11.1 Å². The van der Waals surface area contributed by atoms with Crippen molar-refractivity contribution in [3.05, 3.63) is 35.4 Å². The summed E-state index contributed by atoms with van der Waals surface area (Å²) in [5, 5.41) is 8.99. The van der Waals surface area contributed by atoms with Crippen LogP contribution in [0.15, 0.2) is 24.3 Å². The monoisotopic (exact) mass is 171 g/mol. The largest absolute Gasteiger partial charge is 0.197 e. The van der Waals surface area contributed by atoms with Crippen LogP contribution in [0.1, 0.15) is 30.9 Å². The van der Waals surface area contributed by atoms with Crippen LogP contribution in [0.25, 0.3) is 0 Å². The van der Waals surface area contributed by atoms with Gasteiger partial charge in [0.15, 0.2) is 0 Å². The molecule has 66 valence electrons. The lowest BCUT2D eigenvalue weighted by atomic mass is 9.96. The maximum absolute atomic E-state index is 8.99. The fourth-order valence-electron chi connectivity index (χ4n) is 1.65. The van der Waals surface area contributed by atoms with Crippen LogP contribution in [0.3, 0.4) is 0 Å². The molecule has 0 radical (unpaired) electrons. The summed E-state index contributed by atoms with van der Waals surface area (Å²) >= 11 is 0. The molecule has 1 aliphatic rings. The van der Waals surface area contributed by atoms with Crippen LogP contribution in [-0.2, 0) is 11.8 Å². The molecule has 0 spiro atoms. The Bertz CT molecular complexity index is 338. The second kappa shape index (κ2) is 2.88. The minimum Gasteiger partial charge on any atom is -0.197 e. The van der Waals surface area contributed by atoms with E-state index >= 15 is 0 Å². The minimum absolute atomic E-state index is 0.119. The Morgan fingerprint density at radius 1 is 1.31 bits per heavy atom. The number of nitriles is 1. The van der Waals surface area contributed by atoms with Gasteiger partial charge < -0.3 is 0 Å². The zero-order chi connectivity index (χ0) is 9.31. The van der Waals surface area contributed by atoms with Crippen molar-refractivity contribution in [2.24, 2.45) is 0 Å². The average Bonchev–Trinajstić information content (AvgIpc) is 2.99. The Balaban J connectivity index is 2.29. The molecule has 13 heavy (non-hydrogen) atoms. The Morgan fingerprint density at radius 2 is 1.92 bits per heavy atom. The molecule has 1 aromatic carbocycles. The molecule has 1 aromatic rings. The van der Waals surface area contributed by atoms with Crippen LogP contribution in [0, 0.1) is 11.3 Å². The predicted molar refractivity (Wildman–Crippen MR) is 52.3 cm³/mol. The zero-order valence-corrected chi connectivity index (χ0v) is 7.88. The highest BCUT2D eigenvalue weighted by Gasteiger charge is 2.44. The van der Waals surface area contributed by atoms with Crippen molar-refractivity contribution >= 4 is 0 Å². The minimum atomic E-state index is -0.119. The molecule has 1 fully saturated rings. The summed E-state index contributed by atoms with van der Waals surface area (Å²) < 4.78 is 0. The van der Waals surface area contributed by atoms with Crippen LogP contribution in [-0.4, -0.2) is 0 Å². The highest BCUT2D eigenvalue weighted by molar-refractivity contribution is 5.39. The van der Waals surface area contributed by atoms with E-state index in [2.05, 4.69) is 37.3 Å². The Hall–Kier alpha value is -1.29. The lowest BCUT2D eigenvalue weighted by molar-refractivity contribution is 0.906.